The molecule has 70 valence electrons. The fourth-order valence-corrected chi connectivity index (χ4v) is 2.05. The minimum absolute atomic E-state index is 1.15. The molecule has 0 radical (unpaired) electrons. The molecule has 0 aliphatic heterocycles. The normalized spacial score (nSPS) is 10.1. The van der Waals surface area contributed by atoms with E-state index in [4.69, 9.17) is 0 Å². The monoisotopic (exact) mass is 246 g/mol. The fourth-order valence-electron chi connectivity index (χ4n) is 1.55. The number of benzene rings is 2. The van der Waals surface area contributed by atoms with Crippen molar-refractivity contribution in [1.82, 2.24) is 0 Å². The summed E-state index contributed by atoms with van der Waals surface area (Å²) in [5.41, 5.74) is 3.85. The topological polar surface area (TPSA) is 0 Å². The molecule has 2 aromatic rings. The minimum Gasteiger partial charge on any atom is -0.0620 e. The second kappa shape index (κ2) is 3.97. The van der Waals surface area contributed by atoms with Crippen molar-refractivity contribution >= 4 is 15.9 Å². The quantitative estimate of drug-likeness (QED) is 0.699. The van der Waals surface area contributed by atoms with E-state index in [0.29, 0.717) is 0 Å². The first-order valence-corrected chi connectivity index (χ1v) is 5.39. The predicted octanol–water partition coefficient (Wildman–Crippen LogP) is 4.42. The van der Waals surface area contributed by atoms with Gasteiger partial charge in [-0.1, -0.05) is 58.4 Å². The van der Waals surface area contributed by atoms with E-state index in [-0.39, 0.29) is 0 Å². The first kappa shape index (κ1) is 9.47. The smallest absolute Gasteiger partial charge is 0.0253 e. The number of hydrogen-bond donors (Lipinski definition) is 0. The Morgan fingerprint density at radius 2 is 1.36 bits per heavy atom. The lowest BCUT2D eigenvalue weighted by Crippen LogP contribution is -1.83. The summed E-state index contributed by atoms with van der Waals surface area (Å²) in [4.78, 5) is 0. The summed E-state index contributed by atoms with van der Waals surface area (Å²) < 4.78 is 1.15. The van der Waals surface area contributed by atoms with Gasteiger partial charge in [0.15, 0.2) is 0 Å². The maximum atomic E-state index is 3.57. The van der Waals surface area contributed by atoms with Crippen molar-refractivity contribution in [1.29, 1.82) is 0 Å². The fraction of sp³-hybridized carbons (Fsp3) is 0.0769. The molecule has 0 aliphatic carbocycles. The highest BCUT2D eigenvalue weighted by Gasteiger charge is 2.03. The van der Waals surface area contributed by atoms with Gasteiger partial charge in [0.25, 0.3) is 0 Å². The third kappa shape index (κ3) is 1.73. The van der Waals surface area contributed by atoms with Crippen molar-refractivity contribution in [2.45, 2.75) is 6.92 Å². The van der Waals surface area contributed by atoms with E-state index in [1.165, 1.54) is 16.7 Å². The summed E-state index contributed by atoms with van der Waals surface area (Å²) in [7, 11) is 0. The molecule has 0 aliphatic rings. The Bertz CT molecular complexity index is 403. The zero-order valence-electron chi connectivity index (χ0n) is 8.00. The average Bonchev–Trinajstić information content (AvgIpc) is 2.20. The van der Waals surface area contributed by atoms with Crippen molar-refractivity contribution in [3.63, 3.8) is 0 Å². The molecule has 0 spiro atoms. The molecule has 0 atom stereocenters. The van der Waals surface area contributed by atoms with Gasteiger partial charge in [0.2, 0.25) is 0 Å². The predicted molar refractivity (Wildman–Crippen MR) is 64.3 cm³/mol. The van der Waals surface area contributed by atoms with Crippen LogP contribution in [0.5, 0.6) is 0 Å². The largest absolute Gasteiger partial charge is 0.0620 e. The molecule has 0 N–H and O–H groups in total. The van der Waals surface area contributed by atoms with Crippen LogP contribution in [0, 0.1) is 6.92 Å². The summed E-state index contributed by atoms with van der Waals surface area (Å²) in [6.45, 7) is 2.13. The first-order chi connectivity index (χ1) is 6.79. The van der Waals surface area contributed by atoms with E-state index >= 15 is 0 Å². The van der Waals surface area contributed by atoms with Gasteiger partial charge in [-0.3, -0.25) is 0 Å². The summed E-state index contributed by atoms with van der Waals surface area (Å²) in [6.07, 6.45) is 0. The van der Waals surface area contributed by atoms with Crippen LogP contribution in [0.3, 0.4) is 0 Å². The lowest BCUT2D eigenvalue weighted by molar-refractivity contribution is 1.45. The van der Waals surface area contributed by atoms with E-state index in [1.54, 1.807) is 0 Å². The van der Waals surface area contributed by atoms with Crippen LogP contribution in [-0.4, -0.2) is 0 Å². The molecule has 0 saturated carbocycles. The van der Waals surface area contributed by atoms with Crippen LogP contribution in [-0.2, 0) is 0 Å². The van der Waals surface area contributed by atoms with Crippen LogP contribution in [0.1, 0.15) is 5.56 Å². The first-order valence-electron chi connectivity index (χ1n) is 4.59. The molecule has 0 aromatic heterocycles. The van der Waals surface area contributed by atoms with Crippen molar-refractivity contribution in [2.24, 2.45) is 0 Å². The Morgan fingerprint density at radius 3 is 2.00 bits per heavy atom. The maximum absolute atomic E-state index is 3.57. The van der Waals surface area contributed by atoms with Crippen LogP contribution in [0.15, 0.2) is 53.0 Å². The van der Waals surface area contributed by atoms with Crippen LogP contribution in [0.2, 0.25) is 0 Å². The number of aryl methyl sites for hydroxylation is 1. The molecular formula is C13H11Br. The van der Waals surface area contributed by atoms with Gasteiger partial charge in [-0.05, 0) is 29.7 Å². The third-order valence-electron chi connectivity index (χ3n) is 2.31. The molecular weight excluding hydrogens is 236 g/mol. The molecule has 0 unspecified atom stereocenters. The summed E-state index contributed by atoms with van der Waals surface area (Å²) in [5, 5.41) is 0. The Morgan fingerprint density at radius 1 is 0.786 bits per heavy atom. The van der Waals surface area contributed by atoms with Crippen LogP contribution >= 0.6 is 15.9 Å². The van der Waals surface area contributed by atoms with Gasteiger partial charge in [-0.25, -0.2) is 0 Å². The summed E-state index contributed by atoms with van der Waals surface area (Å²) >= 11 is 3.57. The van der Waals surface area contributed by atoms with E-state index in [9.17, 15) is 0 Å². The highest BCUT2D eigenvalue weighted by Crippen LogP contribution is 2.29. The number of hydrogen-bond acceptors (Lipinski definition) is 0. The number of halogens is 1. The van der Waals surface area contributed by atoms with Crippen molar-refractivity contribution in [3.8, 4) is 11.1 Å². The Hall–Kier alpha value is -1.08. The molecule has 0 bridgehead atoms. The van der Waals surface area contributed by atoms with Gasteiger partial charge >= 0.3 is 0 Å². The van der Waals surface area contributed by atoms with E-state index in [2.05, 4.69) is 65.3 Å². The minimum atomic E-state index is 1.15. The Kier molecular flexibility index (Phi) is 2.69. The molecule has 0 heterocycles. The van der Waals surface area contributed by atoms with Gasteiger partial charge in [0.05, 0.1) is 0 Å². The Balaban J connectivity index is 2.61. The number of rotatable bonds is 1. The molecule has 0 amide bonds. The SMILES string of the molecule is Cc1ccccc1-c1ccccc1Br. The molecule has 0 saturated heterocycles. The van der Waals surface area contributed by atoms with Gasteiger partial charge in [-0.15, -0.1) is 0 Å². The van der Waals surface area contributed by atoms with Crippen LogP contribution in [0.4, 0.5) is 0 Å². The summed E-state index contributed by atoms with van der Waals surface area (Å²) in [6, 6.07) is 16.7. The highest BCUT2D eigenvalue weighted by molar-refractivity contribution is 9.10. The molecule has 14 heavy (non-hydrogen) atoms. The molecule has 0 nitrogen and oxygen atoms in total. The summed E-state index contributed by atoms with van der Waals surface area (Å²) in [5.74, 6) is 0. The van der Waals surface area contributed by atoms with E-state index in [1.807, 2.05) is 6.07 Å². The Labute approximate surface area is 92.7 Å². The van der Waals surface area contributed by atoms with Crippen LogP contribution < -0.4 is 0 Å². The van der Waals surface area contributed by atoms with Crippen LogP contribution in [0.25, 0.3) is 11.1 Å². The van der Waals surface area contributed by atoms with E-state index in [0.717, 1.165) is 4.47 Å². The zero-order valence-corrected chi connectivity index (χ0v) is 9.58. The third-order valence-corrected chi connectivity index (χ3v) is 3.00. The van der Waals surface area contributed by atoms with Gasteiger partial charge < -0.3 is 0 Å². The van der Waals surface area contributed by atoms with Crippen molar-refractivity contribution in [2.75, 3.05) is 0 Å². The molecule has 1 heteroatoms. The standard InChI is InChI=1S/C13H11Br/c1-10-6-2-3-7-11(10)12-8-4-5-9-13(12)14/h2-9H,1H3. The second-order valence-electron chi connectivity index (χ2n) is 3.29. The van der Waals surface area contributed by atoms with E-state index < -0.39 is 0 Å². The lowest BCUT2D eigenvalue weighted by atomic mass is 10.0. The molecule has 2 rings (SSSR count). The van der Waals surface area contributed by atoms with Crippen molar-refractivity contribution < 1.29 is 0 Å². The molecule has 0 fully saturated rings. The highest BCUT2D eigenvalue weighted by atomic mass is 79.9. The zero-order chi connectivity index (χ0) is 9.97. The van der Waals surface area contributed by atoms with Gasteiger partial charge in [0, 0.05) is 4.47 Å². The molecule has 2 aromatic carbocycles. The van der Waals surface area contributed by atoms with Gasteiger partial charge in [0.1, 0.15) is 0 Å². The van der Waals surface area contributed by atoms with Gasteiger partial charge in [-0.2, -0.15) is 0 Å². The maximum Gasteiger partial charge on any atom is 0.0253 e. The second-order valence-corrected chi connectivity index (χ2v) is 4.15. The van der Waals surface area contributed by atoms with Crippen molar-refractivity contribution in [3.05, 3.63) is 58.6 Å². The lowest BCUT2D eigenvalue weighted by Gasteiger charge is -2.07. The average molecular weight is 247 g/mol.